The van der Waals surface area contributed by atoms with Gasteiger partial charge in [-0.25, -0.2) is 4.98 Å². The number of aromatic nitrogens is 2. The number of thiophene rings is 1. The van der Waals surface area contributed by atoms with Crippen LogP contribution in [-0.4, -0.2) is 20.6 Å². The zero-order chi connectivity index (χ0) is 18.3. The van der Waals surface area contributed by atoms with E-state index in [1.54, 1.807) is 13.1 Å². The van der Waals surface area contributed by atoms with Crippen molar-refractivity contribution < 1.29 is 4.79 Å². The van der Waals surface area contributed by atoms with Crippen molar-refractivity contribution in [3.63, 3.8) is 0 Å². The molecule has 130 valence electrons. The summed E-state index contributed by atoms with van der Waals surface area (Å²) in [6, 6.07) is 5.79. The molecular formula is C19H20N2O2S2. The first-order valence-electron chi connectivity index (χ1n) is 8.02. The minimum Gasteiger partial charge on any atom is -0.293 e. The zero-order valence-corrected chi connectivity index (χ0v) is 16.5. The molecule has 3 aromatic rings. The van der Waals surface area contributed by atoms with E-state index in [9.17, 15) is 9.59 Å². The first kappa shape index (κ1) is 17.9. The highest BCUT2D eigenvalue weighted by Gasteiger charge is 2.21. The molecular weight excluding hydrogens is 352 g/mol. The quantitative estimate of drug-likeness (QED) is 0.390. The average Bonchev–Trinajstić information content (AvgIpc) is 3.03. The molecule has 0 N–H and O–H groups in total. The molecule has 0 fully saturated rings. The Morgan fingerprint density at radius 2 is 1.88 bits per heavy atom. The number of carbonyl (C=O) groups excluding carboxylic acids is 1. The van der Waals surface area contributed by atoms with E-state index in [0.29, 0.717) is 15.4 Å². The molecule has 6 heteroatoms. The molecule has 2 aromatic heterocycles. The number of ketones is 1. The van der Waals surface area contributed by atoms with Gasteiger partial charge >= 0.3 is 0 Å². The highest BCUT2D eigenvalue weighted by Crippen LogP contribution is 2.27. The van der Waals surface area contributed by atoms with Crippen LogP contribution in [0.5, 0.6) is 0 Å². The Morgan fingerprint density at radius 3 is 2.60 bits per heavy atom. The lowest BCUT2D eigenvalue weighted by atomic mass is 9.97. The monoisotopic (exact) mass is 372 g/mol. The highest BCUT2D eigenvalue weighted by molar-refractivity contribution is 8.00. The average molecular weight is 373 g/mol. The van der Waals surface area contributed by atoms with Crippen LogP contribution in [0.15, 0.2) is 33.5 Å². The third-order valence-corrected chi connectivity index (χ3v) is 6.37. The van der Waals surface area contributed by atoms with Crippen molar-refractivity contribution in [2.75, 3.05) is 0 Å². The van der Waals surface area contributed by atoms with Gasteiger partial charge in [0, 0.05) is 12.6 Å². The molecule has 0 aliphatic rings. The van der Waals surface area contributed by atoms with Gasteiger partial charge in [-0.05, 0) is 61.9 Å². The number of hydrogen-bond donors (Lipinski definition) is 0. The molecule has 0 saturated heterocycles. The number of nitrogens with zero attached hydrogens (tertiary/aromatic N) is 2. The molecule has 2 heterocycles. The van der Waals surface area contributed by atoms with Crippen molar-refractivity contribution in [3.05, 3.63) is 56.2 Å². The van der Waals surface area contributed by atoms with Gasteiger partial charge in [-0.3, -0.25) is 14.2 Å². The Bertz CT molecular complexity index is 1030. The second kappa shape index (κ2) is 6.77. The van der Waals surface area contributed by atoms with Crippen LogP contribution >= 0.6 is 23.1 Å². The number of aryl methyl sites for hydroxylation is 3. The lowest BCUT2D eigenvalue weighted by Crippen LogP contribution is -2.22. The second-order valence-electron chi connectivity index (χ2n) is 6.27. The predicted molar refractivity (Wildman–Crippen MR) is 105 cm³/mol. The van der Waals surface area contributed by atoms with Gasteiger partial charge in [0.1, 0.15) is 4.83 Å². The van der Waals surface area contributed by atoms with E-state index < -0.39 is 0 Å². The van der Waals surface area contributed by atoms with E-state index in [4.69, 9.17) is 0 Å². The van der Waals surface area contributed by atoms with Crippen LogP contribution in [0.1, 0.15) is 34.0 Å². The molecule has 0 saturated carbocycles. The van der Waals surface area contributed by atoms with E-state index in [0.717, 1.165) is 16.7 Å². The van der Waals surface area contributed by atoms with Gasteiger partial charge < -0.3 is 0 Å². The molecule has 0 spiro atoms. The Kier molecular flexibility index (Phi) is 4.84. The van der Waals surface area contributed by atoms with Gasteiger partial charge in [-0.2, -0.15) is 0 Å². The Balaban J connectivity index is 1.93. The molecule has 0 bridgehead atoms. The summed E-state index contributed by atoms with van der Waals surface area (Å²) < 4.78 is 1.52. The first-order chi connectivity index (χ1) is 11.8. The van der Waals surface area contributed by atoms with Gasteiger partial charge in [0.2, 0.25) is 0 Å². The Morgan fingerprint density at radius 1 is 1.20 bits per heavy atom. The molecule has 4 nitrogen and oxygen atoms in total. The van der Waals surface area contributed by atoms with E-state index >= 15 is 0 Å². The molecule has 1 atom stereocenters. The topological polar surface area (TPSA) is 52.0 Å². The maximum absolute atomic E-state index is 12.9. The maximum atomic E-state index is 12.9. The summed E-state index contributed by atoms with van der Waals surface area (Å²) in [4.78, 5) is 30.6. The number of thioether (sulfide) groups is 1. The normalized spacial score (nSPS) is 12.5. The van der Waals surface area contributed by atoms with Crippen molar-refractivity contribution in [2.24, 2.45) is 7.05 Å². The standard InChI is InChI=1S/C19H20N2O2S2/c1-10-8-12(3)15(9-11(10)2)16(22)13(4)25-19-20-17-14(6-7-24-17)18(23)21(19)5/h6-9,13H,1-5H3. The molecule has 1 unspecified atom stereocenters. The van der Waals surface area contributed by atoms with Crippen LogP contribution in [0.2, 0.25) is 0 Å². The van der Waals surface area contributed by atoms with Crippen molar-refractivity contribution in [1.82, 2.24) is 9.55 Å². The van der Waals surface area contributed by atoms with E-state index in [1.807, 2.05) is 45.2 Å². The molecule has 0 radical (unpaired) electrons. The minimum absolute atomic E-state index is 0.0612. The third kappa shape index (κ3) is 3.28. The molecule has 25 heavy (non-hydrogen) atoms. The van der Waals surface area contributed by atoms with E-state index in [1.165, 1.54) is 33.2 Å². The highest BCUT2D eigenvalue weighted by atomic mass is 32.2. The predicted octanol–water partition coefficient (Wildman–Crippen LogP) is 4.28. The lowest BCUT2D eigenvalue weighted by Gasteiger charge is -2.15. The van der Waals surface area contributed by atoms with Crippen molar-refractivity contribution in [1.29, 1.82) is 0 Å². The fourth-order valence-corrected chi connectivity index (χ4v) is 4.49. The van der Waals surface area contributed by atoms with Crippen LogP contribution in [0.4, 0.5) is 0 Å². The zero-order valence-electron chi connectivity index (χ0n) is 14.9. The molecule has 0 aliphatic carbocycles. The van der Waals surface area contributed by atoms with Crippen molar-refractivity contribution in [3.8, 4) is 0 Å². The summed E-state index contributed by atoms with van der Waals surface area (Å²) in [7, 11) is 1.70. The number of rotatable bonds is 4. The summed E-state index contributed by atoms with van der Waals surface area (Å²) in [5, 5.41) is 2.74. The van der Waals surface area contributed by atoms with Crippen LogP contribution in [0.25, 0.3) is 10.2 Å². The fourth-order valence-electron chi connectivity index (χ4n) is 2.74. The number of fused-ring (bicyclic) bond motifs is 1. The van der Waals surface area contributed by atoms with Crippen molar-refractivity contribution in [2.45, 2.75) is 38.1 Å². The molecule has 1 aromatic carbocycles. The summed E-state index contributed by atoms with van der Waals surface area (Å²) in [6.07, 6.45) is 0. The smallest absolute Gasteiger partial charge is 0.262 e. The number of hydrogen-bond acceptors (Lipinski definition) is 5. The van der Waals surface area contributed by atoms with Gasteiger partial charge in [0.15, 0.2) is 10.9 Å². The van der Waals surface area contributed by atoms with E-state index in [-0.39, 0.29) is 16.6 Å². The third-order valence-electron chi connectivity index (χ3n) is 4.42. The summed E-state index contributed by atoms with van der Waals surface area (Å²) in [5.74, 6) is 0.0612. The van der Waals surface area contributed by atoms with Gasteiger partial charge in [-0.1, -0.05) is 17.8 Å². The largest absolute Gasteiger partial charge is 0.293 e. The summed E-state index contributed by atoms with van der Waals surface area (Å²) in [5.41, 5.74) is 3.94. The minimum atomic E-state index is -0.323. The lowest BCUT2D eigenvalue weighted by molar-refractivity contribution is 0.0993. The Labute approximate surface area is 154 Å². The number of carbonyl (C=O) groups is 1. The van der Waals surface area contributed by atoms with Gasteiger partial charge in [0.25, 0.3) is 5.56 Å². The molecule has 3 rings (SSSR count). The van der Waals surface area contributed by atoms with Crippen LogP contribution in [0.3, 0.4) is 0 Å². The van der Waals surface area contributed by atoms with E-state index in [2.05, 4.69) is 4.98 Å². The van der Waals surface area contributed by atoms with Gasteiger partial charge in [0.05, 0.1) is 10.6 Å². The van der Waals surface area contributed by atoms with Crippen LogP contribution in [-0.2, 0) is 7.05 Å². The van der Waals surface area contributed by atoms with Crippen molar-refractivity contribution >= 4 is 39.1 Å². The first-order valence-corrected chi connectivity index (χ1v) is 9.78. The summed E-state index contributed by atoms with van der Waals surface area (Å²) >= 11 is 2.77. The van der Waals surface area contributed by atoms with Crippen LogP contribution in [0, 0.1) is 20.8 Å². The fraction of sp³-hybridized carbons (Fsp3) is 0.316. The number of Topliss-reactive ketones (excluding diaryl/α,β-unsaturated/α-hetero) is 1. The maximum Gasteiger partial charge on any atom is 0.262 e. The molecule has 0 aliphatic heterocycles. The SMILES string of the molecule is Cc1cc(C)c(C(=O)C(C)Sc2nc3sccc3c(=O)n2C)cc1C. The van der Waals surface area contributed by atoms with Crippen LogP contribution < -0.4 is 5.56 Å². The molecule has 0 amide bonds. The van der Waals surface area contributed by atoms with Gasteiger partial charge in [-0.15, -0.1) is 11.3 Å². The Hall–Kier alpha value is -1.92. The second-order valence-corrected chi connectivity index (χ2v) is 8.48. The summed E-state index contributed by atoms with van der Waals surface area (Å²) in [6.45, 7) is 7.89. The number of benzene rings is 1.